The van der Waals surface area contributed by atoms with Crippen LogP contribution in [0.3, 0.4) is 0 Å². The summed E-state index contributed by atoms with van der Waals surface area (Å²) in [5.41, 5.74) is 4.91. The molecule has 31 heavy (non-hydrogen) atoms. The molecule has 1 aliphatic carbocycles. The van der Waals surface area contributed by atoms with Gasteiger partial charge in [-0.1, -0.05) is 6.07 Å². The highest BCUT2D eigenvalue weighted by molar-refractivity contribution is 5.95. The van der Waals surface area contributed by atoms with Crippen molar-refractivity contribution in [1.82, 2.24) is 4.98 Å². The van der Waals surface area contributed by atoms with Crippen LogP contribution in [0.5, 0.6) is 0 Å². The molecule has 0 radical (unpaired) electrons. The molecule has 0 spiro atoms. The summed E-state index contributed by atoms with van der Waals surface area (Å²) < 4.78 is 49.6. The van der Waals surface area contributed by atoms with Crippen LogP contribution in [0.4, 0.5) is 13.2 Å². The Labute approximate surface area is 176 Å². The zero-order valence-corrected chi connectivity index (χ0v) is 16.6. The van der Waals surface area contributed by atoms with E-state index in [-0.39, 0.29) is 35.9 Å². The monoisotopic (exact) mass is 428 g/mol. The first-order chi connectivity index (χ1) is 14.6. The van der Waals surface area contributed by atoms with Crippen molar-refractivity contribution in [1.29, 1.82) is 5.26 Å². The Kier molecular flexibility index (Phi) is 4.96. The number of nitriles is 1. The second-order valence-corrected chi connectivity index (χ2v) is 7.99. The lowest BCUT2D eigenvalue weighted by Crippen LogP contribution is -2.51. The van der Waals surface area contributed by atoms with Crippen LogP contribution < -0.4 is 5.73 Å². The number of aromatic nitrogens is 1. The zero-order valence-electron chi connectivity index (χ0n) is 16.6. The predicted molar refractivity (Wildman–Crippen MR) is 105 cm³/mol. The molecule has 9 heteroatoms. The zero-order chi connectivity index (χ0) is 22.4. The molecule has 1 aromatic heterocycles. The Morgan fingerprint density at radius 3 is 2.81 bits per heavy atom. The number of hydrogen-bond donors (Lipinski definition) is 1. The minimum Gasteiger partial charge on any atom is -0.461 e. The molecule has 3 atom stereocenters. The van der Waals surface area contributed by atoms with Gasteiger partial charge in [0, 0.05) is 24.6 Å². The number of ether oxygens (including phenoxy) is 1. The fourth-order valence-electron chi connectivity index (χ4n) is 4.51. The number of aliphatic imine (C=N–C) groups is 1. The second kappa shape index (κ2) is 7.38. The number of pyridine rings is 1. The van der Waals surface area contributed by atoms with E-state index in [2.05, 4.69) is 9.98 Å². The molecular formula is C22H19F3N4O2. The van der Waals surface area contributed by atoms with Crippen LogP contribution in [0.1, 0.15) is 46.9 Å². The van der Waals surface area contributed by atoms with Crippen LogP contribution in [0.15, 0.2) is 41.5 Å². The van der Waals surface area contributed by atoms with Gasteiger partial charge in [0.05, 0.1) is 11.5 Å². The Balaban J connectivity index is 1.69. The van der Waals surface area contributed by atoms with Gasteiger partial charge < -0.3 is 10.5 Å². The van der Waals surface area contributed by atoms with Gasteiger partial charge in [0.1, 0.15) is 29.2 Å². The van der Waals surface area contributed by atoms with E-state index >= 15 is 0 Å². The molecule has 0 unspecified atom stereocenters. The summed E-state index contributed by atoms with van der Waals surface area (Å²) in [7, 11) is 0. The Morgan fingerprint density at radius 1 is 1.35 bits per heavy atom. The van der Waals surface area contributed by atoms with E-state index in [1.807, 2.05) is 6.07 Å². The minimum absolute atomic E-state index is 0.0617. The summed E-state index contributed by atoms with van der Waals surface area (Å²) in [6, 6.07) is 8.49. The van der Waals surface area contributed by atoms with E-state index in [9.17, 15) is 18.0 Å². The number of nitrogens with two attached hydrogens (primary N) is 1. The quantitative estimate of drug-likeness (QED) is 0.752. The van der Waals surface area contributed by atoms with E-state index in [1.165, 1.54) is 37.4 Å². The van der Waals surface area contributed by atoms with Gasteiger partial charge in [0.25, 0.3) is 11.9 Å². The maximum Gasteiger partial charge on any atom is 0.283 e. The van der Waals surface area contributed by atoms with Crippen LogP contribution in [-0.4, -0.2) is 28.8 Å². The maximum absolute atomic E-state index is 14.9. The number of hydrogen-bond acceptors (Lipinski definition) is 6. The molecule has 1 aliphatic heterocycles. The highest BCUT2D eigenvalue weighted by Crippen LogP contribution is 2.54. The third-order valence-electron chi connectivity index (χ3n) is 5.93. The molecule has 1 aromatic carbocycles. The lowest BCUT2D eigenvalue weighted by atomic mass is 9.75. The molecule has 4 rings (SSSR count). The summed E-state index contributed by atoms with van der Waals surface area (Å²) in [4.78, 5) is 20.6. The van der Waals surface area contributed by atoms with Crippen molar-refractivity contribution >= 4 is 11.8 Å². The molecule has 1 fully saturated rings. The number of fused-ring (bicyclic) bond motifs is 1. The summed E-state index contributed by atoms with van der Waals surface area (Å²) in [5, 5.41) is 8.83. The molecule has 2 aromatic rings. The highest BCUT2D eigenvalue weighted by atomic mass is 19.3. The van der Waals surface area contributed by atoms with Gasteiger partial charge in [-0.2, -0.15) is 5.26 Å². The SMILES string of the molecule is C[C@]1(c2cc(CC(=O)c3ccc(C#N)cn3)ccc2F)N=C(N)O[C@@H]2CCC(F)(F)[C@@H]21. The van der Waals surface area contributed by atoms with Crippen LogP contribution in [0, 0.1) is 23.1 Å². The topological polar surface area (TPSA) is 101 Å². The first kappa shape index (κ1) is 20.8. The van der Waals surface area contributed by atoms with Gasteiger partial charge in [-0.15, -0.1) is 0 Å². The number of benzene rings is 1. The lowest BCUT2D eigenvalue weighted by Gasteiger charge is -2.41. The number of halogens is 3. The number of Topliss-reactive ketones (excluding diaryl/α,β-unsaturated/α-hetero) is 1. The fourth-order valence-corrected chi connectivity index (χ4v) is 4.51. The molecule has 1 saturated carbocycles. The van der Waals surface area contributed by atoms with Crippen molar-refractivity contribution in [2.75, 3.05) is 0 Å². The molecule has 2 aliphatic rings. The number of alkyl halides is 2. The Hall–Kier alpha value is -3.41. The highest BCUT2D eigenvalue weighted by Gasteiger charge is 2.62. The molecule has 6 nitrogen and oxygen atoms in total. The van der Waals surface area contributed by atoms with Gasteiger partial charge >= 0.3 is 0 Å². The second-order valence-electron chi connectivity index (χ2n) is 7.99. The van der Waals surface area contributed by atoms with E-state index in [0.717, 1.165) is 6.07 Å². The number of rotatable bonds is 4. The van der Waals surface area contributed by atoms with Crippen LogP contribution in [-0.2, 0) is 16.7 Å². The van der Waals surface area contributed by atoms with E-state index in [4.69, 9.17) is 15.7 Å². The maximum atomic E-state index is 14.9. The molecule has 0 bridgehead atoms. The molecule has 160 valence electrons. The molecule has 0 saturated heterocycles. The summed E-state index contributed by atoms with van der Waals surface area (Å²) in [6.45, 7) is 1.42. The Bertz CT molecular complexity index is 1110. The van der Waals surface area contributed by atoms with Crippen molar-refractivity contribution in [3.63, 3.8) is 0 Å². The number of carbonyl (C=O) groups is 1. The summed E-state index contributed by atoms with van der Waals surface area (Å²) in [6.07, 6.45) is -0.0160. The lowest BCUT2D eigenvalue weighted by molar-refractivity contribution is -0.0961. The third kappa shape index (κ3) is 3.63. The van der Waals surface area contributed by atoms with E-state index in [0.29, 0.717) is 11.1 Å². The van der Waals surface area contributed by atoms with Crippen molar-refractivity contribution in [3.8, 4) is 6.07 Å². The molecular weight excluding hydrogens is 409 g/mol. The molecule has 0 amide bonds. The van der Waals surface area contributed by atoms with Gasteiger partial charge in [-0.25, -0.2) is 18.2 Å². The van der Waals surface area contributed by atoms with Gasteiger partial charge in [0.15, 0.2) is 5.78 Å². The van der Waals surface area contributed by atoms with Crippen molar-refractivity contribution < 1.29 is 22.7 Å². The minimum atomic E-state index is -3.10. The molecule has 2 N–H and O–H groups in total. The van der Waals surface area contributed by atoms with E-state index < -0.39 is 35.7 Å². The standard InChI is InChI=1S/C22H19F3N4O2/c1-21(19-18(31-20(27)29-21)6-7-22(19,24)25)14-8-12(2-4-15(14)23)9-17(30)16-5-3-13(10-26)11-28-16/h2-5,8,11,18-19H,6-7,9H2,1H3,(H2,27,29)/t18-,19+,21-/m1/s1. The predicted octanol–water partition coefficient (Wildman–Crippen LogP) is 3.49. The number of ketones is 1. The first-order valence-corrected chi connectivity index (χ1v) is 9.72. The van der Waals surface area contributed by atoms with Crippen LogP contribution >= 0.6 is 0 Å². The smallest absolute Gasteiger partial charge is 0.283 e. The normalized spacial score (nSPS) is 26.4. The average molecular weight is 428 g/mol. The average Bonchev–Trinajstić information content (AvgIpc) is 3.04. The number of carbonyl (C=O) groups excluding carboxylic acids is 1. The van der Waals surface area contributed by atoms with Crippen molar-refractivity contribution in [2.45, 2.75) is 43.8 Å². The first-order valence-electron chi connectivity index (χ1n) is 9.72. The summed E-state index contributed by atoms with van der Waals surface area (Å²) in [5.74, 6) is -5.55. The van der Waals surface area contributed by atoms with Crippen LogP contribution in [0.2, 0.25) is 0 Å². The Morgan fingerprint density at radius 2 is 2.13 bits per heavy atom. The fraction of sp³-hybridized carbons (Fsp3) is 0.364. The van der Waals surface area contributed by atoms with Crippen LogP contribution in [0.25, 0.3) is 0 Å². The van der Waals surface area contributed by atoms with E-state index in [1.54, 1.807) is 0 Å². The van der Waals surface area contributed by atoms with Gasteiger partial charge in [-0.05, 0) is 43.2 Å². The number of nitrogens with zero attached hydrogens (tertiary/aromatic N) is 3. The number of amidine groups is 1. The van der Waals surface area contributed by atoms with Crippen molar-refractivity contribution in [2.24, 2.45) is 16.6 Å². The summed E-state index contributed by atoms with van der Waals surface area (Å²) >= 11 is 0. The van der Waals surface area contributed by atoms with Gasteiger partial charge in [0.2, 0.25) is 0 Å². The third-order valence-corrected chi connectivity index (χ3v) is 5.93. The molecule has 2 heterocycles. The largest absolute Gasteiger partial charge is 0.461 e. The van der Waals surface area contributed by atoms with Crippen molar-refractivity contribution in [3.05, 3.63) is 64.7 Å². The van der Waals surface area contributed by atoms with Gasteiger partial charge in [-0.3, -0.25) is 9.78 Å².